The topological polar surface area (TPSA) is 79.8 Å². The summed E-state index contributed by atoms with van der Waals surface area (Å²) < 4.78 is 30.5. The fraction of sp³-hybridized carbons (Fsp3) is 0.462. The van der Waals surface area contributed by atoms with Crippen molar-refractivity contribution in [2.45, 2.75) is 13.3 Å². The van der Waals surface area contributed by atoms with Crippen LogP contribution >= 0.6 is 0 Å². The van der Waals surface area contributed by atoms with Gasteiger partial charge in [0.1, 0.15) is 11.6 Å². The van der Waals surface area contributed by atoms with Gasteiger partial charge in [0.15, 0.2) is 0 Å². The molecule has 1 heterocycles. The van der Waals surface area contributed by atoms with Gasteiger partial charge >= 0.3 is 0 Å². The van der Waals surface area contributed by atoms with Crippen molar-refractivity contribution < 1.29 is 13.2 Å². The summed E-state index contributed by atoms with van der Waals surface area (Å²) in [4.78, 5) is 4.36. The lowest BCUT2D eigenvalue weighted by Crippen LogP contribution is -2.21. The standard InChI is InChI=1S/C13H19N3O3S/c1-9-10(8-12-14-6-7-15-12)4-5-11(13(9)19-2)16-20(3,17)18/h4-5,16H,6-8H2,1-3H3,(H,14,15). The van der Waals surface area contributed by atoms with E-state index in [9.17, 15) is 8.42 Å². The van der Waals surface area contributed by atoms with E-state index >= 15 is 0 Å². The van der Waals surface area contributed by atoms with Crippen LogP contribution in [0.4, 0.5) is 5.69 Å². The predicted molar refractivity (Wildman–Crippen MR) is 80.2 cm³/mol. The zero-order valence-electron chi connectivity index (χ0n) is 11.9. The molecule has 0 saturated heterocycles. The lowest BCUT2D eigenvalue weighted by atomic mass is 10.0. The molecule has 20 heavy (non-hydrogen) atoms. The van der Waals surface area contributed by atoms with E-state index < -0.39 is 10.0 Å². The third-order valence-corrected chi connectivity index (χ3v) is 3.71. The molecule has 7 heteroatoms. The highest BCUT2D eigenvalue weighted by atomic mass is 32.2. The molecule has 0 aliphatic carbocycles. The smallest absolute Gasteiger partial charge is 0.229 e. The van der Waals surface area contributed by atoms with E-state index in [1.807, 2.05) is 13.0 Å². The summed E-state index contributed by atoms with van der Waals surface area (Å²) in [5.74, 6) is 1.51. The zero-order valence-corrected chi connectivity index (χ0v) is 12.7. The number of hydrogen-bond acceptors (Lipinski definition) is 5. The molecule has 0 radical (unpaired) electrons. The van der Waals surface area contributed by atoms with Gasteiger partial charge in [0.25, 0.3) is 0 Å². The predicted octanol–water partition coefficient (Wildman–Crippen LogP) is 0.919. The fourth-order valence-corrected chi connectivity index (χ4v) is 2.77. The van der Waals surface area contributed by atoms with Crippen molar-refractivity contribution in [2.24, 2.45) is 4.99 Å². The van der Waals surface area contributed by atoms with Crippen molar-refractivity contribution in [1.29, 1.82) is 0 Å². The monoisotopic (exact) mass is 297 g/mol. The lowest BCUT2D eigenvalue weighted by molar-refractivity contribution is 0.413. The van der Waals surface area contributed by atoms with Gasteiger partial charge in [0, 0.05) is 13.0 Å². The minimum Gasteiger partial charge on any atom is -0.494 e. The van der Waals surface area contributed by atoms with Crippen molar-refractivity contribution in [3.8, 4) is 5.75 Å². The number of anilines is 1. The molecule has 0 atom stereocenters. The van der Waals surface area contributed by atoms with Gasteiger partial charge in [-0.25, -0.2) is 8.42 Å². The Morgan fingerprint density at radius 2 is 2.20 bits per heavy atom. The van der Waals surface area contributed by atoms with Crippen LogP contribution in [0.1, 0.15) is 11.1 Å². The van der Waals surface area contributed by atoms with Crippen molar-refractivity contribution in [1.82, 2.24) is 5.32 Å². The van der Waals surface area contributed by atoms with Gasteiger partial charge in [0.2, 0.25) is 10.0 Å². The second-order valence-corrected chi connectivity index (χ2v) is 6.49. The Kier molecular flexibility index (Phi) is 4.17. The molecule has 0 amide bonds. The van der Waals surface area contributed by atoms with Crippen LogP contribution in [0.15, 0.2) is 17.1 Å². The molecule has 110 valence electrons. The maximum absolute atomic E-state index is 11.3. The zero-order chi connectivity index (χ0) is 14.8. The summed E-state index contributed by atoms with van der Waals surface area (Å²) >= 11 is 0. The number of benzene rings is 1. The molecule has 0 saturated carbocycles. The minimum absolute atomic E-state index is 0.456. The third-order valence-electron chi connectivity index (χ3n) is 3.12. The number of sulfonamides is 1. The largest absolute Gasteiger partial charge is 0.494 e. The number of methoxy groups -OCH3 is 1. The molecule has 1 aliphatic heterocycles. The first-order valence-electron chi connectivity index (χ1n) is 6.32. The summed E-state index contributed by atoms with van der Waals surface area (Å²) in [5.41, 5.74) is 2.43. The van der Waals surface area contributed by atoms with Crippen molar-refractivity contribution in [2.75, 3.05) is 31.2 Å². The van der Waals surface area contributed by atoms with E-state index in [-0.39, 0.29) is 0 Å². The second kappa shape index (κ2) is 5.70. The average molecular weight is 297 g/mol. The molecule has 2 N–H and O–H groups in total. The number of hydrogen-bond donors (Lipinski definition) is 2. The van der Waals surface area contributed by atoms with E-state index in [0.29, 0.717) is 17.9 Å². The molecule has 0 bridgehead atoms. The molecule has 0 unspecified atom stereocenters. The highest BCUT2D eigenvalue weighted by Gasteiger charge is 2.15. The molecular weight excluding hydrogens is 278 g/mol. The van der Waals surface area contributed by atoms with Gasteiger partial charge in [-0.05, 0) is 24.1 Å². The van der Waals surface area contributed by atoms with Crippen LogP contribution in [0, 0.1) is 6.92 Å². The third kappa shape index (κ3) is 3.41. The number of amidine groups is 1. The van der Waals surface area contributed by atoms with E-state index in [2.05, 4.69) is 15.0 Å². The summed E-state index contributed by atoms with van der Waals surface area (Å²) in [6.45, 7) is 3.59. The second-order valence-electron chi connectivity index (χ2n) is 4.74. The van der Waals surface area contributed by atoms with Crippen LogP contribution in [0.5, 0.6) is 5.75 Å². The van der Waals surface area contributed by atoms with E-state index in [0.717, 1.165) is 36.3 Å². The fourth-order valence-electron chi connectivity index (χ4n) is 2.21. The minimum atomic E-state index is -3.33. The van der Waals surface area contributed by atoms with Crippen LogP contribution in [0.2, 0.25) is 0 Å². The highest BCUT2D eigenvalue weighted by molar-refractivity contribution is 7.92. The van der Waals surface area contributed by atoms with Crippen LogP contribution in [-0.4, -0.2) is 40.7 Å². The van der Waals surface area contributed by atoms with Crippen molar-refractivity contribution in [3.63, 3.8) is 0 Å². The summed E-state index contributed by atoms with van der Waals surface area (Å²) in [5, 5.41) is 3.22. The van der Waals surface area contributed by atoms with E-state index in [1.165, 1.54) is 7.11 Å². The number of ether oxygens (including phenoxy) is 1. The molecule has 6 nitrogen and oxygen atoms in total. The highest BCUT2D eigenvalue weighted by Crippen LogP contribution is 2.31. The number of rotatable bonds is 5. The Labute approximate surface area is 119 Å². The van der Waals surface area contributed by atoms with Crippen LogP contribution in [0.3, 0.4) is 0 Å². The average Bonchev–Trinajstić information content (AvgIpc) is 2.84. The van der Waals surface area contributed by atoms with E-state index in [4.69, 9.17) is 4.74 Å². The summed E-state index contributed by atoms with van der Waals surface area (Å²) in [6, 6.07) is 3.62. The molecule has 1 aromatic carbocycles. The molecule has 1 aliphatic rings. The Bertz CT molecular complexity index is 639. The molecule has 0 fully saturated rings. The van der Waals surface area contributed by atoms with Crippen molar-refractivity contribution in [3.05, 3.63) is 23.3 Å². The number of aliphatic imine (C=N–C) groups is 1. The normalized spacial score (nSPS) is 14.7. The Balaban J connectivity index is 2.32. The Morgan fingerprint density at radius 3 is 2.75 bits per heavy atom. The molecule has 1 aromatic rings. The first-order valence-corrected chi connectivity index (χ1v) is 8.21. The SMILES string of the molecule is COc1c(NS(C)(=O)=O)ccc(CC2=NCCN2)c1C. The van der Waals surface area contributed by atoms with Gasteiger partial charge in [-0.2, -0.15) is 0 Å². The molecule has 2 rings (SSSR count). The molecular formula is C13H19N3O3S. The number of nitrogens with zero attached hydrogens (tertiary/aromatic N) is 1. The number of nitrogens with one attached hydrogen (secondary N) is 2. The Hall–Kier alpha value is -1.76. The van der Waals surface area contributed by atoms with Gasteiger partial charge in [-0.15, -0.1) is 0 Å². The maximum Gasteiger partial charge on any atom is 0.229 e. The molecule has 0 aromatic heterocycles. The first kappa shape index (κ1) is 14.6. The van der Waals surface area contributed by atoms with Crippen LogP contribution in [0.25, 0.3) is 0 Å². The lowest BCUT2D eigenvalue weighted by Gasteiger charge is -2.15. The van der Waals surface area contributed by atoms with Crippen molar-refractivity contribution >= 4 is 21.5 Å². The quantitative estimate of drug-likeness (QED) is 0.847. The van der Waals surface area contributed by atoms with Gasteiger partial charge < -0.3 is 10.1 Å². The van der Waals surface area contributed by atoms with E-state index in [1.54, 1.807) is 6.07 Å². The maximum atomic E-state index is 11.3. The van der Waals surface area contributed by atoms with Gasteiger partial charge in [-0.1, -0.05) is 6.07 Å². The summed E-state index contributed by atoms with van der Waals surface area (Å²) in [7, 11) is -1.80. The van der Waals surface area contributed by atoms with Gasteiger partial charge in [-0.3, -0.25) is 9.71 Å². The van der Waals surface area contributed by atoms with Crippen LogP contribution < -0.4 is 14.8 Å². The first-order chi connectivity index (χ1) is 9.40. The van der Waals surface area contributed by atoms with Crippen LogP contribution in [-0.2, 0) is 16.4 Å². The molecule has 0 spiro atoms. The Morgan fingerprint density at radius 1 is 1.45 bits per heavy atom. The summed E-state index contributed by atoms with van der Waals surface area (Å²) in [6.07, 6.45) is 1.81. The van der Waals surface area contributed by atoms with Gasteiger partial charge in [0.05, 0.1) is 25.6 Å².